The van der Waals surface area contributed by atoms with Gasteiger partial charge in [-0.1, -0.05) is 228 Å². The fourth-order valence-electron chi connectivity index (χ4n) is 15.5. The molecule has 15 rings (SSSR count). The molecule has 330 valence electrons. The van der Waals surface area contributed by atoms with Crippen molar-refractivity contribution < 1.29 is 0 Å². The molecule has 0 saturated heterocycles. The molecule has 0 fully saturated rings. The lowest BCUT2D eigenvalue weighted by Gasteiger charge is -2.51. The van der Waals surface area contributed by atoms with Crippen LogP contribution in [-0.4, -0.2) is 6.04 Å². The Morgan fingerprint density at radius 1 is 0.449 bits per heavy atom. The number of hydrogen-bond donors (Lipinski definition) is 0. The SMILES string of the molecule is CC1(C)C2=CC(N(C3=CC=CC4C3c3ccccc3C43c4ccccc4C4(c5ccccc5-c5ccccc54)c4ccccc43)c3ccc4c(c3)C(C)(C)c3ccccc3-4)CC=C2c2ccccc21. The molecule has 0 saturated carbocycles. The number of nitrogens with zero attached hydrogens (tertiary/aromatic N) is 1. The summed E-state index contributed by atoms with van der Waals surface area (Å²) in [6, 6.07) is 72.9. The van der Waals surface area contributed by atoms with Crippen molar-refractivity contribution in [1.29, 1.82) is 0 Å². The summed E-state index contributed by atoms with van der Waals surface area (Å²) >= 11 is 0. The predicted molar refractivity (Wildman–Crippen MR) is 284 cm³/mol. The number of anilines is 1. The van der Waals surface area contributed by atoms with Crippen molar-refractivity contribution in [2.24, 2.45) is 5.92 Å². The van der Waals surface area contributed by atoms with Gasteiger partial charge in [0, 0.05) is 34.1 Å². The highest BCUT2D eigenvalue weighted by Crippen LogP contribution is 2.70. The first kappa shape index (κ1) is 39.5. The summed E-state index contributed by atoms with van der Waals surface area (Å²) in [5.74, 6) is 0.189. The molecule has 69 heavy (non-hydrogen) atoms. The van der Waals surface area contributed by atoms with Crippen LogP contribution < -0.4 is 4.90 Å². The van der Waals surface area contributed by atoms with Gasteiger partial charge in [0.05, 0.1) is 16.9 Å². The van der Waals surface area contributed by atoms with Crippen molar-refractivity contribution in [2.75, 3.05) is 4.90 Å². The van der Waals surface area contributed by atoms with Crippen molar-refractivity contribution in [3.63, 3.8) is 0 Å². The van der Waals surface area contributed by atoms with Gasteiger partial charge in [0.25, 0.3) is 0 Å². The lowest BCUT2D eigenvalue weighted by atomic mass is 9.50. The molecule has 0 amide bonds. The Hall–Kier alpha value is -7.48. The van der Waals surface area contributed by atoms with E-state index in [4.69, 9.17) is 0 Å². The summed E-state index contributed by atoms with van der Waals surface area (Å²) in [6.45, 7) is 9.70. The molecule has 1 nitrogen and oxygen atoms in total. The van der Waals surface area contributed by atoms with Crippen LogP contribution in [0.2, 0.25) is 0 Å². The molecule has 0 bridgehead atoms. The summed E-state index contributed by atoms with van der Waals surface area (Å²) in [5, 5.41) is 0. The Morgan fingerprint density at radius 2 is 0.942 bits per heavy atom. The number of benzene rings is 8. The third-order valence-electron chi connectivity index (χ3n) is 18.2. The van der Waals surface area contributed by atoms with E-state index in [0.29, 0.717) is 0 Å². The van der Waals surface area contributed by atoms with E-state index in [1.54, 1.807) is 0 Å². The van der Waals surface area contributed by atoms with Gasteiger partial charge in [0.15, 0.2) is 0 Å². The molecule has 3 atom stereocenters. The molecule has 0 aliphatic heterocycles. The summed E-state index contributed by atoms with van der Waals surface area (Å²) in [4.78, 5) is 2.79. The number of fused-ring (bicyclic) bond motifs is 22. The van der Waals surface area contributed by atoms with E-state index in [2.05, 4.69) is 251 Å². The van der Waals surface area contributed by atoms with Crippen molar-refractivity contribution in [3.8, 4) is 22.3 Å². The second kappa shape index (κ2) is 13.6. The third-order valence-corrected chi connectivity index (χ3v) is 18.2. The highest BCUT2D eigenvalue weighted by Gasteiger charge is 2.63. The minimum atomic E-state index is -0.458. The lowest BCUT2D eigenvalue weighted by molar-refractivity contribution is 0.417. The largest absolute Gasteiger partial charge is 0.337 e. The highest BCUT2D eigenvalue weighted by molar-refractivity contribution is 5.92. The molecular weight excluding hydrogens is 831 g/mol. The first-order valence-electron chi connectivity index (χ1n) is 25.2. The van der Waals surface area contributed by atoms with Crippen LogP contribution in [0.4, 0.5) is 5.69 Å². The summed E-state index contributed by atoms with van der Waals surface area (Å²) in [6.07, 6.45) is 13.7. The Labute approximate surface area is 406 Å². The quantitative estimate of drug-likeness (QED) is 0.171. The maximum atomic E-state index is 2.79. The van der Waals surface area contributed by atoms with Gasteiger partial charge in [0.1, 0.15) is 0 Å². The van der Waals surface area contributed by atoms with Crippen LogP contribution in [0.25, 0.3) is 27.8 Å². The topological polar surface area (TPSA) is 3.24 Å². The van der Waals surface area contributed by atoms with Crippen molar-refractivity contribution >= 4 is 11.3 Å². The molecule has 2 spiro atoms. The van der Waals surface area contributed by atoms with Gasteiger partial charge in [-0.2, -0.15) is 0 Å². The van der Waals surface area contributed by atoms with Gasteiger partial charge in [-0.15, -0.1) is 0 Å². The summed E-state index contributed by atoms with van der Waals surface area (Å²) in [5.41, 5.74) is 26.6. The summed E-state index contributed by atoms with van der Waals surface area (Å²) < 4.78 is 0. The molecule has 0 N–H and O–H groups in total. The molecule has 1 heteroatoms. The minimum absolute atomic E-state index is 0.0838. The zero-order valence-electron chi connectivity index (χ0n) is 39.7. The zero-order chi connectivity index (χ0) is 46.0. The maximum Gasteiger partial charge on any atom is 0.0719 e. The van der Waals surface area contributed by atoms with E-state index in [-0.39, 0.29) is 28.7 Å². The molecule has 0 heterocycles. The number of hydrogen-bond acceptors (Lipinski definition) is 1. The van der Waals surface area contributed by atoms with E-state index >= 15 is 0 Å². The van der Waals surface area contributed by atoms with Crippen LogP contribution >= 0.6 is 0 Å². The smallest absolute Gasteiger partial charge is 0.0719 e. The zero-order valence-corrected chi connectivity index (χ0v) is 39.7. The van der Waals surface area contributed by atoms with Gasteiger partial charge < -0.3 is 4.90 Å². The summed E-state index contributed by atoms with van der Waals surface area (Å²) in [7, 11) is 0. The van der Waals surface area contributed by atoms with Crippen molar-refractivity contribution in [2.45, 2.75) is 67.7 Å². The second-order valence-electron chi connectivity index (χ2n) is 21.7. The second-order valence-corrected chi connectivity index (χ2v) is 21.7. The van der Waals surface area contributed by atoms with Crippen LogP contribution in [0.3, 0.4) is 0 Å². The number of allylic oxidation sites excluding steroid dienone is 6. The van der Waals surface area contributed by atoms with E-state index in [1.807, 2.05) is 0 Å². The Balaban J connectivity index is 0.966. The van der Waals surface area contributed by atoms with E-state index in [0.717, 1.165) is 6.42 Å². The molecule has 0 radical (unpaired) electrons. The molecule has 8 aromatic carbocycles. The molecule has 3 unspecified atom stereocenters. The van der Waals surface area contributed by atoms with Crippen LogP contribution in [0.1, 0.15) is 107 Å². The van der Waals surface area contributed by atoms with Crippen LogP contribution in [0, 0.1) is 5.92 Å². The number of rotatable bonds is 3. The molecule has 7 aliphatic carbocycles. The molecule has 7 aliphatic rings. The Morgan fingerprint density at radius 3 is 1.58 bits per heavy atom. The Bertz CT molecular complexity index is 3600. The Kier molecular flexibility index (Phi) is 7.79. The van der Waals surface area contributed by atoms with Crippen molar-refractivity contribution in [3.05, 3.63) is 296 Å². The van der Waals surface area contributed by atoms with Gasteiger partial charge in [-0.05, 0) is 125 Å². The first-order chi connectivity index (χ1) is 33.8. The average Bonchev–Trinajstić information content (AvgIpc) is 4.02. The molecule has 0 aromatic heterocycles. The van der Waals surface area contributed by atoms with E-state index in [1.165, 1.54) is 112 Å². The van der Waals surface area contributed by atoms with Gasteiger partial charge in [-0.25, -0.2) is 0 Å². The van der Waals surface area contributed by atoms with Crippen LogP contribution in [0.15, 0.2) is 230 Å². The fraction of sp³-hybridized carbons (Fsp3) is 0.176. The van der Waals surface area contributed by atoms with Crippen molar-refractivity contribution in [1.82, 2.24) is 0 Å². The van der Waals surface area contributed by atoms with E-state index < -0.39 is 10.8 Å². The maximum absolute atomic E-state index is 2.79. The van der Waals surface area contributed by atoms with Crippen LogP contribution in [-0.2, 0) is 21.7 Å². The van der Waals surface area contributed by atoms with Gasteiger partial charge in [0.2, 0.25) is 0 Å². The monoisotopic (exact) mass is 883 g/mol. The minimum Gasteiger partial charge on any atom is -0.337 e. The lowest BCUT2D eigenvalue weighted by Crippen LogP contribution is -2.47. The van der Waals surface area contributed by atoms with Gasteiger partial charge in [-0.3, -0.25) is 0 Å². The average molecular weight is 884 g/mol. The van der Waals surface area contributed by atoms with Crippen LogP contribution in [0.5, 0.6) is 0 Å². The molecular formula is C68H53N. The fourth-order valence-corrected chi connectivity index (χ4v) is 15.5. The standard InChI is InChI=1S/C68H53N/c1-65(2)51-25-10-5-20-44(51)48-38-36-42(40-61(48)65)69(43-37-39-49-45-21-6-11-26-52(45)66(3,4)62(49)41-43)63-35-19-34-60-64(63)50-24-9-14-29-55(50)68(60)58-32-17-15-30-56(58)67(57-31-16-18-33-59(57)68)53-27-12-7-22-46(53)47-23-8-13-28-54(47)67/h5-36,38-41,43,60,64H,37H2,1-4H3. The third kappa shape index (κ3) is 4.72. The predicted octanol–water partition coefficient (Wildman–Crippen LogP) is 15.8. The van der Waals surface area contributed by atoms with E-state index in [9.17, 15) is 0 Å². The normalized spacial score (nSPS) is 21.8. The first-order valence-corrected chi connectivity index (χ1v) is 25.2. The van der Waals surface area contributed by atoms with Gasteiger partial charge >= 0.3 is 0 Å². The molecule has 8 aromatic rings. The highest BCUT2D eigenvalue weighted by atomic mass is 15.2.